The van der Waals surface area contributed by atoms with Crippen LogP contribution in [0.2, 0.25) is 51.4 Å². The Balaban J connectivity index is 1.53. The van der Waals surface area contributed by atoms with Gasteiger partial charge in [-0.05, 0) is 55.3 Å². The normalized spacial score (nSPS) is 12.0. The van der Waals surface area contributed by atoms with Crippen molar-refractivity contribution >= 4 is 44.6 Å². The molecule has 228 valence electrons. The average Bonchev–Trinajstić information content (AvgIpc) is 3.30. The van der Waals surface area contributed by atoms with Crippen LogP contribution in [0.25, 0.3) is 10.9 Å². The van der Waals surface area contributed by atoms with Crippen LogP contribution >= 0.6 is 0 Å². The topological polar surface area (TPSA) is 95.3 Å². The van der Waals surface area contributed by atoms with Gasteiger partial charge < -0.3 is 9.47 Å². The van der Waals surface area contributed by atoms with E-state index in [9.17, 15) is 9.59 Å². The summed E-state index contributed by atoms with van der Waals surface area (Å²) in [5, 5.41) is 8.65. The van der Waals surface area contributed by atoms with Crippen molar-refractivity contribution in [2.24, 2.45) is 0 Å². The number of amides is 1. The van der Waals surface area contributed by atoms with Crippen LogP contribution in [0.5, 0.6) is 0 Å². The Morgan fingerprint density at radius 3 is 2.30 bits per heavy atom. The van der Waals surface area contributed by atoms with E-state index < -0.39 is 22.2 Å². The fraction of sp³-hybridized carbons (Fsp3) is 0.394. The molecule has 0 aliphatic heterocycles. The van der Waals surface area contributed by atoms with Gasteiger partial charge in [-0.15, -0.1) is 0 Å². The summed E-state index contributed by atoms with van der Waals surface area (Å²) in [5.41, 5.74) is 4.36. The van der Waals surface area contributed by atoms with Gasteiger partial charge >= 0.3 is 6.09 Å². The third-order valence-corrected chi connectivity index (χ3v) is 10.5. The van der Waals surface area contributed by atoms with Gasteiger partial charge in [0.15, 0.2) is 5.78 Å². The number of ketones is 1. The monoisotopic (exact) mass is 616 g/mol. The molecule has 1 amide bonds. The molecule has 8 nitrogen and oxygen atoms in total. The highest BCUT2D eigenvalue weighted by Crippen LogP contribution is 2.24. The van der Waals surface area contributed by atoms with E-state index in [0.29, 0.717) is 36.8 Å². The lowest BCUT2D eigenvalue weighted by molar-refractivity contribution is 0.0813. The van der Waals surface area contributed by atoms with Gasteiger partial charge in [0.25, 0.3) is 0 Å². The molecule has 43 heavy (non-hydrogen) atoms. The average molecular weight is 617 g/mol. The second-order valence-electron chi connectivity index (χ2n) is 13.3. The van der Waals surface area contributed by atoms with E-state index in [0.717, 1.165) is 47.2 Å². The molecule has 0 bridgehead atoms. The van der Waals surface area contributed by atoms with Crippen molar-refractivity contribution in [2.45, 2.75) is 70.9 Å². The summed E-state index contributed by atoms with van der Waals surface area (Å²) >= 11 is 0. The molecule has 0 spiro atoms. The maximum Gasteiger partial charge on any atom is 0.411 e. The van der Waals surface area contributed by atoms with Crippen LogP contribution in [-0.2, 0) is 29.0 Å². The highest BCUT2D eigenvalue weighted by Gasteiger charge is 2.18. The van der Waals surface area contributed by atoms with Crippen LogP contribution in [0.4, 0.5) is 10.5 Å². The lowest BCUT2D eigenvalue weighted by atomic mass is 10.0. The van der Waals surface area contributed by atoms with Crippen molar-refractivity contribution in [3.05, 3.63) is 89.4 Å². The summed E-state index contributed by atoms with van der Waals surface area (Å²) in [4.78, 5) is 30.4. The van der Waals surface area contributed by atoms with Crippen molar-refractivity contribution < 1.29 is 19.1 Å². The highest BCUT2D eigenvalue weighted by atomic mass is 28.3. The van der Waals surface area contributed by atoms with Gasteiger partial charge in [0.05, 0.1) is 17.8 Å². The number of ether oxygens (including phenoxy) is 2. The van der Waals surface area contributed by atoms with Crippen molar-refractivity contribution in [3.8, 4) is 0 Å². The number of benzene rings is 2. The van der Waals surface area contributed by atoms with Gasteiger partial charge in [0.1, 0.15) is 6.73 Å². The third kappa shape index (κ3) is 9.98. The first-order chi connectivity index (χ1) is 20.4. The lowest BCUT2D eigenvalue weighted by Gasteiger charge is -2.15. The van der Waals surface area contributed by atoms with E-state index in [1.54, 1.807) is 30.5 Å². The summed E-state index contributed by atoms with van der Waals surface area (Å²) in [6.07, 6.45) is 2.79. The number of carbonyl (C=O) groups excluding carboxylic acids is 2. The van der Waals surface area contributed by atoms with Crippen LogP contribution in [0.15, 0.2) is 66.9 Å². The van der Waals surface area contributed by atoms with Crippen molar-refractivity contribution in [1.82, 2.24) is 14.8 Å². The fourth-order valence-corrected chi connectivity index (χ4v) is 5.97. The van der Waals surface area contributed by atoms with Gasteiger partial charge in [0.2, 0.25) is 0 Å². The van der Waals surface area contributed by atoms with E-state index in [2.05, 4.69) is 49.6 Å². The molecule has 4 aromatic rings. The second-order valence-corrected chi connectivity index (χ2v) is 24.6. The molecule has 1 N–H and O–H groups in total. The molecule has 0 atom stereocenters. The number of hydrogen-bond acceptors (Lipinski definition) is 6. The fourth-order valence-electron chi connectivity index (χ4n) is 4.50. The Morgan fingerprint density at radius 1 is 0.837 bits per heavy atom. The van der Waals surface area contributed by atoms with Gasteiger partial charge in [-0.25, -0.2) is 9.48 Å². The molecule has 2 aromatic heterocycles. The van der Waals surface area contributed by atoms with E-state index in [4.69, 9.17) is 14.6 Å². The Bertz CT molecular complexity index is 1540. The standard InChI is InChI=1S/C33H44N4O4Si2/c1-42(2,3)20-18-40-24-37-31-23-26(13-15-29(31)30(36-37)16-14-27-11-7-8-17-34-27)32(38)25-10-9-12-28(22-25)35-33(39)41-19-21-43(4,5)6/h7-13,15,17,22-23H,14,16,18-21,24H2,1-6H3,(H,35,39). The van der Waals surface area contributed by atoms with Crippen LogP contribution in [0, 0.1) is 0 Å². The van der Waals surface area contributed by atoms with Gasteiger partial charge in [-0.2, -0.15) is 5.10 Å². The molecule has 0 saturated heterocycles. The molecular formula is C33H44N4O4Si2. The molecular weight excluding hydrogens is 573 g/mol. The zero-order valence-electron chi connectivity index (χ0n) is 26.3. The minimum absolute atomic E-state index is 0.139. The quantitative estimate of drug-likeness (QED) is 0.0888. The Hall–Kier alpha value is -3.61. The molecule has 0 fully saturated rings. The van der Waals surface area contributed by atoms with E-state index in [1.165, 1.54) is 0 Å². The number of nitrogens with zero attached hydrogens (tertiary/aromatic N) is 3. The van der Waals surface area contributed by atoms with E-state index in [1.807, 2.05) is 41.1 Å². The molecule has 2 aromatic carbocycles. The first-order valence-electron chi connectivity index (χ1n) is 14.9. The molecule has 0 unspecified atom stereocenters. The van der Waals surface area contributed by atoms with Crippen molar-refractivity contribution in [1.29, 1.82) is 0 Å². The third-order valence-electron chi connectivity index (χ3n) is 7.10. The molecule has 0 aliphatic carbocycles. The highest BCUT2D eigenvalue weighted by molar-refractivity contribution is 6.76. The number of fused-ring (bicyclic) bond motifs is 1. The zero-order valence-corrected chi connectivity index (χ0v) is 28.3. The molecule has 2 heterocycles. The number of aryl methyl sites for hydroxylation is 2. The molecule has 0 aliphatic rings. The maximum absolute atomic E-state index is 13.6. The van der Waals surface area contributed by atoms with E-state index in [-0.39, 0.29) is 5.78 Å². The smallest absolute Gasteiger partial charge is 0.411 e. The Labute approximate surface area is 256 Å². The number of carbonyl (C=O) groups is 2. The Morgan fingerprint density at radius 2 is 1.58 bits per heavy atom. The van der Waals surface area contributed by atoms with Gasteiger partial charge in [0, 0.05) is 56.8 Å². The number of anilines is 1. The molecule has 10 heteroatoms. The number of hydrogen-bond donors (Lipinski definition) is 1. The summed E-state index contributed by atoms with van der Waals surface area (Å²) < 4.78 is 13.3. The first-order valence-corrected chi connectivity index (χ1v) is 22.4. The minimum atomic E-state index is -1.30. The van der Waals surface area contributed by atoms with Gasteiger partial charge in [-0.3, -0.25) is 15.1 Å². The van der Waals surface area contributed by atoms with Crippen molar-refractivity contribution in [2.75, 3.05) is 18.5 Å². The Kier molecular flexibility index (Phi) is 10.7. The lowest BCUT2D eigenvalue weighted by Crippen LogP contribution is -2.24. The molecule has 0 saturated carbocycles. The summed E-state index contributed by atoms with van der Waals surface area (Å²) in [6.45, 7) is 15.1. The second kappa shape index (κ2) is 14.2. The minimum Gasteiger partial charge on any atom is -0.450 e. The maximum atomic E-state index is 13.6. The number of nitrogens with one attached hydrogen (secondary N) is 1. The summed E-state index contributed by atoms with van der Waals surface area (Å²) in [5.74, 6) is -0.139. The summed E-state index contributed by atoms with van der Waals surface area (Å²) in [6, 6.07) is 20.5. The summed E-state index contributed by atoms with van der Waals surface area (Å²) in [7, 11) is -2.53. The van der Waals surface area contributed by atoms with Crippen LogP contribution in [-0.4, -0.2) is 56.0 Å². The largest absolute Gasteiger partial charge is 0.450 e. The van der Waals surface area contributed by atoms with Gasteiger partial charge in [-0.1, -0.05) is 69.6 Å². The van der Waals surface area contributed by atoms with E-state index >= 15 is 0 Å². The number of pyridine rings is 1. The van der Waals surface area contributed by atoms with Crippen LogP contribution in [0.1, 0.15) is 27.3 Å². The zero-order chi connectivity index (χ0) is 31.0. The first kappa shape index (κ1) is 32.3. The SMILES string of the molecule is C[Si](C)(C)CCOCn1nc(CCc2ccccn2)c2ccc(C(=O)c3cccc(NC(=O)OCC[Si](C)(C)C)c3)cc21. The predicted molar refractivity (Wildman–Crippen MR) is 178 cm³/mol. The van der Waals surface area contributed by atoms with Crippen LogP contribution in [0.3, 0.4) is 0 Å². The number of aromatic nitrogens is 3. The number of rotatable bonds is 14. The predicted octanol–water partition coefficient (Wildman–Crippen LogP) is 7.65. The van der Waals surface area contributed by atoms with Crippen molar-refractivity contribution in [3.63, 3.8) is 0 Å². The molecule has 4 rings (SSSR count). The van der Waals surface area contributed by atoms with Crippen LogP contribution < -0.4 is 5.32 Å². The molecule has 0 radical (unpaired) electrons.